The van der Waals surface area contributed by atoms with Crippen LogP contribution in [0.1, 0.15) is 43.7 Å². The van der Waals surface area contributed by atoms with E-state index in [9.17, 15) is 13.2 Å². The molecule has 0 aromatic heterocycles. The highest BCUT2D eigenvalue weighted by molar-refractivity contribution is 7.92. The van der Waals surface area contributed by atoms with Gasteiger partial charge in [-0.05, 0) is 66.8 Å². The van der Waals surface area contributed by atoms with E-state index in [0.29, 0.717) is 18.0 Å². The topological polar surface area (TPSA) is 91.0 Å². The smallest absolute Gasteiger partial charge is 0.317 e. The summed E-state index contributed by atoms with van der Waals surface area (Å²) in [6.07, 6.45) is 5.12. The Morgan fingerprint density at radius 1 is 0.927 bits per heavy atom. The van der Waals surface area contributed by atoms with Crippen molar-refractivity contribution in [3.63, 3.8) is 0 Å². The Balaban J connectivity index is 0.00000462. The largest absolute Gasteiger partial charge is 0.457 e. The van der Waals surface area contributed by atoms with Gasteiger partial charge < -0.3 is 15.0 Å². The number of urea groups is 1. The molecular weight excluding hydrogens is 560 g/mol. The molecule has 1 aliphatic heterocycles. The number of hydrogen-bond acceptors (Lipinski definition) is 5. The zero-order chi connectivity index (χ0) is 28.4. The molecule has 41 heavy (non-hydrogen) atoms. The van der Waals surface area contributed by atoms with E-state index < -0.39 is 10.0 Å². The van der Waals surface area contributed by atoms with Gasteiger partial charge in [0.15, 0.2) is 0 Å². The Morgan fingerprint density at radius 3 is 2.12 bits per heavy atom. The second-order valence-corrected chi connectivity index (χ2v) is 12.1. The highest BCUT2D eigenvalue weighted by Crippen LogP contribution is 2.25. The number of amides is 2. The number of sulfonamides is 1. The fraction of sp³-hybridized carbons (Fsp3) is 0.387. The van der Waals surface area contributed by atoms with Crippen LogP contribution in [0.3, 0.4) is 0 Å². The molecule has 1 aliphatic rings. The number of nitrogens with zero attached hydrogens (tertiary/aromatic N) is 2. The van der Waals surface area contributed by atoms with Crippen molar-refractivity contribution in [1.29, 1.82) is 0 Å². The van der Waals surface area contributed by atoms with Gasteiger partial charge >= 0.3 is 6.03 Å². The van der Waals surface area contributed by atoms with Crippen molar-refractivity contribution in [2.24, 2.45) is 0 Å². The molecule has 10 heteroatoms. The van der Waals surface area contributed by atoms with Crippen LogP contribution in [0.4, 0.5) is 10.5 Å². The molecule has 0 unspecified atom stereocenters. The molecular formula is C31H41ClN4O4S. The van der Waals surface area contributed by atoms with E-state index in [-0.39, 0.29) is 24.5 Å². The van der Waals surface area contributed by atoms with Crippen molar-refractivity contribution < 1.29 is 17.9 Å². The average Bonchev–Trinajstić information content (AvgIpc) is 2.95. The zero-order valence-electron chi connectivity index (χ0n) is 23.8. The Bertz CT molecular complexity index is 1310. The fourth-order valence-corrected chi connectivity index (χ4v) is 5.47. The first-order valence-corrected chi connectivity index (χ1v) is 15.8. The molecule has 0 saturated carbocycles. The van der Waals surface area contributed by atoms with E-state index >= 15 is 0 Å². The Hall–Kier alpha value is -3.27. The predicted octanol–water partition coefficient (Wildman–Crippen LogP) is 6.25. The number of piperidine rings is 1. The number of carbonyl (C=O) groups is 1. The van der Waals surface area contributed by atoms with Crippen LogP contribution in [0.5, 0.6) is 11.5 Å². The van der Waals surface area contributed by atoms with Crippen LogP contribution in [0.25, 0.3) is 0 Å². The molecule has 0 radical (unpaired) electrons. The molecule has 1 fully saturated rings. The zero-order valence-corrected chi connectivity index (χ0v) is 25.4. The Kier molecular flexibility index (Phi) is 12.3. The van der Waals surface area contributed by atoms with Gasteiger partial charge in [0.05, 0.1) is 6.26 Å². The van der Waals surface area contributed by atoms with Crippen LogP contribution < -0.4 is 14.8 Å². The number of rotatable bonds is 12. The molecule has 0 atom stereocenters. The number of nitrogens with one attached hydrogen (secondary N) is 2. The van der Waals surface area contributed by atoms with Gasteiger partial charge in [-0.1, -0.05) is 55.8 Å². The third kappa shape index (κ3) is 10.6. The number of halogens is 1. The van der Waals surface area contributed by atoms with E-state index in [1.165, 1.54) is 5.56 Å². The van der Waals surface area contributed by atoms with Crippen LogP contribution in [0.2, 0.25) is 0 Å². The molecule has 1 saturated heterocycles. The molecule has 2 amide bonds. The minimum absolute atomic E-state index is 0. The van der Waals surface area contributed by atoms with Crippen LogP contribution in [-0.4, -0.2) is 56.2 Å². The van der Waals surface area contributed by atoms with Gasteiger partial charge in [0, 0.05) is 44.5 Å². The number of benzene rings is 3. The van der Waals surface area contributed by atoms with Crippen LogP contribution in [0, 0.1) is 0 Å². The van der Waals surface area contributed by atoms with Crippen LogP contribution in [0.15, 0.2) is 78.9 Å². The van der Waals surface area contributed by atoms with Crippen molar-refractivity contribution in [2.45, 2.75) is 51.7 Å². The van der Waals surface area contributed by atoms with E-state index in [1.807, 2.05) is 42.5 Å². The van der Waals surface area contributed by atoms with Gasteiger partial charge in [0.25, 0.3) is 0 Å². The van der Waals surface area contributed by atoms with Gasteiger partial charge in [-0.25, -0.2) is 13.2 Å². The highest BCUT2D eigenvalue weighted by Gasteiger charge is 2.27. The normalized spacial score (nSPS) is 14.1. The van der Waals surface area contributed by atoms with E-state index in [4.69, 9.17) is 4.74 Å². The maximum Gasteiger partial charge on any atom is 0.317 e. The van der Waals surface area contributed by atoms with Crippen molar-refractivity contribution >= 4 is 34.1 Å². The molecule has 2 N–H and O–H groups in total. The third-order valence-electron chi connectivity index (χ3n) is 7.02. The molecule has 1 heterocycles. The summed E-state index contributed by atoms with van der Waals surface area (Å²) in [4.78, 5) is 17.6. The summed E-state index contributed by atoms with van der Waals surface area (Å²) in [5.74, 6) is 1.36. The van der Waals surface area contributed by atoms with Crippen molar-refractivity contribution in [3.05, 3.63) is 90.0 Å². The lowest BCUT2D eigenvalue weighted by molar-refractivity contribution is 0.116. The van der Waals surface area contributed by atoms with E-state index in [0.717, 1.165) is 69.4 Å². The highest BCUT2D eigenvalue weighted by atomic mass is 35.5. The lowest BCUT2D eigenvalue weighted by Crippen LogP contribution is -2.50. The number of hydrogen-bond donors (Lipinski definition) is 2. The van der Waals surface area contributed by atoms with Gasteiger partial charge in [-0.2, -0.15) is 0 Å². The van der Waals surface area contributed by atoms with E-state index in [1.54, 1.807) is 24.3 Å². The molecule has 0 spiro atoms. The molecule has 222 valence electrons. The SMILES string of the molecule is CCCCN(C(=O)NCc1ccccc1)C1CCN(Cc2ccc(Oc3ccc(NS(C)(=O)=O)cc3)cc2)CC1.Cl. The molecule has 0 bridgehead atoms. The number of carbonyl (C=O) groups excluding carboxylic acids is 1. The molecule has 3 aromatic carbocycles. The van der Waals surface area contributed by atoms with Crippen molar-refractivity contribution in [1.82, 2.24) is 15.1 Å². The van der Waals surface area contributed by atoms with Crippen LogP contribution in [-0.2, 0) is 23.1 Å². The first-order chi connectivity index (χ1) is 19.3. The Labute approximate surface area is 250 Å². The quantitative estimate of drug-likeness (QED) is 0.256. The second-order valence-electron chi connectivity index (χ2n) is 10.3. The van der Waals surface area contributed by atoms with Gasteiger partial charge in [0.2, 0.25) is 10.0 Å². The summed E-state index contributed by atoms with van der Waals surface area (Å²) in [5.41, 5.74) is 2.81. The maximum absolute atomic E-state index is 13.1. The summed E-state index contributed by atoms with van der Waals surface area (Å²) in [6.45, 7) is 6.26. The minimum Gasteiger partial charge on any atom is -0.457 e. The molecule has 4 rings (SSSR count). The first-order valence-electron chi connectivity index (χ1n) is 13.9. The standard InChI is InChI=1S/C31H40N4O4S.ClH/c1-3-4-20-35(31(36)32-23-25-8-6-5-7-9-25)28-18-21-34(22-19-28)24-26-10-14-29(15-11-26)39-30-16-12-27(13-17-30)33-40(2,37)38;/h5-17,28,33H,3-4,18-24H2,1-2H3,(H,32,36);1H. The first kappa shape index (κ1) is 32.2. The number of likely N-dealkylation sites (tertiary alicyclic amines) is 1. The van der Waals surface area contributed by atoms with Crippen molar-refractivity contribution in [3.8, 4) is 11.5 Å². The summed E-state index contributed by atoms with van der Waals surface area (Å²) in [5, 5.41) is 3.12. The lowest BCUT2D eigenvalue weighted by atomic mass is 10.0. The fourth-order valence-electron chi connectivity index (χ4n) is 4.90. The summed E-state index contributed by atoms with van der Waals surface area (Å²) in [6, 6.07) is 25.2. The van der Waals surface area contributed by atoms with Gasteiger partial charge in [-0.15, -0.1) is 12.4 Å². The third-order valence-corrected chi connectivity index (χ3v) is 7.63. The Morgan fingerprint density at radius 2 is 1.54 bits per heavy atom. The van der Waals surface area contributed by atoms with Gasteiger partial charge in [-0.3, -0.25) is 9.62 Å². The predicted molar refractivity (Wildman–Crippen MR) is 167 cm³/mol. The van der Waals surface area contributed by atoms with E-state index in [2.05, 4.69) is 38.9 Å². The maximum atomic E-state index is 13.1. The molecule has 3 aromatic rings. The molecule has 8 nitrogen and oxygen atoms in total. The van der Waals surface area contributed by atoms with Crippen molar-refractivity contribution in [2.75, 3.05) is 30.6 Å². The van der Waals surface area contributed by atoms with Gasteiger partial charge in [0.1, 0.15) is 11.5 Å². The number of anilines is 1. The minimum atomic E-state index is -3.31. The summed E-state index contributed by atoms with van der Waals surface area (Å²) in [7, 11) is -3.31. The molecule has 0 aliphatic carbocycles. The lowest BCUT2D eigenvalue weighted by Gasteiger charge is -2.38. The summed E-state index contributed by atoms with van der Waals surface area (Å²) < 4.78 is 31.1. The second kappa shape index (κ2) is 15.7. The monoisotopic (exact) mass is 600 g/mol. The van der Waals surface area contributed by atoms with Crippen LogP contribution >= 0.6 is 12.4 Å². The number of unbranched alkanes of at least 4 members (excludes halogenated alkanes) is 1. The average molecular weight is 601 g/mol. The number of ether oxygens (including phenoxy) is 1. The summed E-state index contributed by atoms with van der Waals surface area (Å²) >= 11 is 0.